The zero-order valence-corrected chi connectivity index (χ0v) is 20.7. The second kappa shape index (κ2) is 22.3. The Morgan fingerprint density at radius 2 is 1.23 bits per heavy atom. The summed E-state index contributed by atoms with van der Waals surface area (Å²) < 4.78 is 0. The lowest BCUT2D eigenvalue weighted by Crippen LogP contribution is -2.13. The molecule has 3 atom stereocenters. The number of rotatable bonds is 8. The van der Waals surface area contributed by atoms with Gasteiger partial charge in [0, 0.05) is 0 Å². The Morgan fingerprint density at radius 1 is 0.885 bits per heavy atom. The molecule has 0 N–H and O–H groups in total. The molecular formula is C26H54. The van der Waals surface area contributed by atoms with Gasteiger partial charge in [0.25, 0.3) is 0 Å². The topological polar surface area (TPSA) is 0 Å². The van der Waals surface area contributed by atoms with Crippen molar-refractivity contribution >= 4 is 0 Å². The summed E-state index contributed by atoms with van der Waals surface area (Å²) in [6.45, 7) is 37.8. The summed E-state index contributed by atoms with van der Waals surface area (Å²) in [4.78, 5) is 0. The first-order valence-electron chi connectivity index (χ1n) is 10.8. The summed E-state index contributed by atoms with van der Waals surface area (Å²) in [7, 11) is 0. The van der Waals surface area contributed by atoms with Crippen molar-refractivity contribution in [3.05, 3.63) is 37.0 Å². The van der Waals surface area contributed by atoms with E-state index in [1.165, 1.54) is 24.0 Å². The molecule has 0 heteroatoms. The van der Waals surface area contributed by atoms with E-state index in [1.807, 2.05) is 20.8 Å². The highest BCUT2D eigenvalue weighted by Crippen LogP contribution is 2.29. The van der Waals surface area contributed by atoms with Crippen LogP contribution in [0.15, 0.2) is 37.0 Å². The highest BCUT2D eigenvalue weighted by molar-refractivity contribution is 5.04. The van der Waals surface area contributed by atoms with E-state index < -0.39 is 0 Å². The number of allylic oxidation sites excluding steroid dienone is 3. The van der Waals surface area contributed by atoms with Crippen LogP contribution in [0, 0.1) is 29.6 Å². The van der Waals surface area contributed by atoms with Gasteiger partial charge in [0.05, 0.1) is 0 Å². The molecule has 0 rings (SSSR count). The van der Waals surface area contributed by atoms with E-state index >= 15 is 0 Å². The van der Waals surface area contributed by atoms with Crippen LogP contribution in [-0.2, 0) is 0 Å². The molecule has 0 aliphatic heterocycles. The SMILES string of the molecule is C=C(CC(C)C(C)C(=C)C)C(C)CC(C)C.C=CC.CC.CCC(C)C. The van der Waals surface area contributed by atoms with Crippen LogP contribution in [-0.4, -0.2) is 0 Å². The standard InChI is InChI=1S/C16H30.C5H12.C3H6.C2H6/c1-11(2)9-13(5)14(6)10-15(7)16(8)12(3)4;1-4-5(2)3;1-3-2;1-2/h11,13,15-16H,3,6,9-10H2,1-2,4-5,7-8H3;5H,4H2,1-3H3;3H,1H2,2H3;1-2H3. The Labute approximate surface area is 169 Å². The molecule has 0 fully saturated rings. The fourth-order valence-electron chi connectivity index (χ4n) is 2.15. The second-order valence-corrected chi connectivity index (χ2v) is 8.22. The van der Waals surface area contributed by atoms with Crippen LogP contribution in [0.2, 0.25) is 0 Å². The maximum Gasteiger partial charge on any atom is -0.0208 e. The van der Waals surface area contributed by atoms with Crippen molar-refractivity contribution in [1.82, 2.24) is 0 Å². The second-order valence-electron chi connectivity index (χ2n) is 8.22. The van der Waals surface area contributed by atoms with Crippen molar-refractivity contribution in [2.45, 2.75) is 102 Å². The Morgan fingerprint density at radius 3 is 1.46 bits per heavy atom. The zero-order chi connectivity index (χ0) is 21.9. The molecule has 0 aliphatic carbocycles. The van der Waals surface area contributed by atoms with Gasteiger partial charge in [-0.25, -0.2) is 0 Å². The molecule has 0 heterocycles. The molecule has 0 radical (unpaired) electrons. The van der Waals surface area contributed by atoms with Crippen LogP contribution >= 0.6 is 0 Å². The maximum atomic E-state index is 4.26. The lowest BCUT2D eigenvalue weighted by Gasteiger charge is -2.24. The molecule has 158 valence electrons. The van der Waals surface area contributed by atoms with Gasteiger partial charge in [0.15, 0.2) is 0 Å². The first kappa shape index (κ1) is 32.9. The largest absolute Gasteiger partial charge is 0.103 e. The van der Waals surface area contributed by atoms with Crippen molar-refractivity contribution in [3.8, 4) is 0 Å². The molecule has 0 aromatic rings. The quantitative estimate of drug-likeness (QED) is 0.375. The summed E-state index contributed by atoms with van der Waals surface area (Å²) in [6, 6.07) is 0. The smallest absolute Gasteiger partial charge is 0.0208 e. The minimum atomic E-state index is 0.600. The van der Waals surface area contributed by atoms with Crippen LogP contribution in [0.3, 0.4) is 0 Å². The van der Waals surface area contributed by atoms with Crippen molar-refractivity contribution in [1.29, 1.82) is 0 Å². The Kier molecular flexibility index (Phi) is 28.1. The van der Waals surface area contributed by atoms with Crippen molar-refractivity contribution in [2.24, 2.45) is 29.6 Å². The summed E-state index contributed by atoms with van der Waals surface area (Å²) in [5, 5.41) is 0. The molecule has 0 nitrogen and oxygen atoms in total. The third kappa shape index (κ3) is 25.5. The molecule has 0 aromatic heterocycles. The minimum Gasteiger partial charge on any atom is -0.103 e. The molecule has 0 saturated carbocycles. The Bertz CT molecular complexity index is 319. The first-order valence-corrected chi connectivity index (χ1v) is 10.8. The molecule has 0 saturated heterocycles. The third-order valence-electron chi connectivity index (χ3n) is 4.55. The van der Waals surface area contributed by atoms with Crippen LogP contribution in [0.5, 0.6) is 0 Å². The molecule has 26 heavy (non-hydrogen) atoms. The van der Waals surface area contributed by atoms with E-state index in [2.05, 4.69) is 82.1 Å². The van der Waals surface area contributed by atoms with E-state index in [0.29, 0.717) is 17.8 Å². The van der Waals surface area contributed by atoms with Crippen LogP contribution in [0.1, 0.15) is 102 Å². The predicted octanol–water partition coefficient (Wildman–Crippen LogP) is 9.73. The number of hydrogen-bond donors (Lipinski definition) is 0. The van der Waals surface area contributed by atoms with Gasteiger partial charge in [-0.15, -0.1) is 6.58 Å². The van der Waals surface area contributed by atoms with Gasteiger partial charge in [-0.1, -0.05) is 106 Å². The van der Waals surface area contributed by atoms with Crippen LogP contribution < -0.4 is 0 Å². The van der Waals surface area contributed by atoms with E-state index in [9.17, 15) is 0 Å². The fourth-order valence-corrected chi connectivity index (χ4v) is 2.15. The average molecular weight is 367 g/mol. The molecular weight excluding hydrogens is 312 g/mol. The summed E-state index contributed by atoms with van der Waals surface area (Å²) >= 11 is 0. The molecule has 0 amide bonds. The minimum absolute atomic E-state index is 0.600. The van der Waals surface area contributed by atoms with Gasteiger partial charge >= 0.3 is 0 Å². The molecule has 0 aliphatic rings. The summed E-state index contributed by atoms with van der Waals surface area (Å²) in [5.41, 5.74) is 2.70. The third-order valence-corrected chi connectivity index (χ3v) is 4.55. The van der Waals surface area contributed by atoms with Gasteiger partial charge in [-0.2, -0.15) is 0 Å². The molecule has 0 aromatic carbocycles. The summed E-state index contributed by atoms with van der Waals surface area (Å²) in [6.07, 6.45) is 5.45. The molecule has 3 unspecified atom stereocenters. The van der Waals surface area contributed by atoms with E-state index in [4.69, 9.17) is 0 Å². The van der Waals surface area contributed by atoms with E-state index in [1.54, 1.807) is 6.08 Å². The van der Waals surface area contributed by atoms with Gasteiger partial charge < -0.3 is 0 Å². The lowest BCUT2D eigenvalue weighted by molar-refractivity contribution is 0.402. The monoisotopic (exact) mass is 366 g/mol. The maximum absolute atomic E-state index is 4.26. The van der Waals surface area contributed by atoms with Crippen molar-refractivity contribution in [2.75, 3.05) is 0 Å². The van der Waals surface area contributed by atoms with Crippen LogP contribution in [0.4, 0.5) is 0 Å². The normalized spacial score (nSPS) is 13.0. The average Bonchev–Trinajstić information content (AvgIpc) is 2.56. The lowest BCUT2D eigenvalue weighted by atomic mass is 9.81. The van der Waals surface area contributed by atoms with Crippen molar-refractivity contribution in [3.63, 3.8) is 0 Å². The van der Waals surface area contributed by atoms with Crippen LogP contribution in [0.25, 0.3) is 0 Å². The first-order chi connectivity index (χ1) is 11.9. The van der Waals surface area contributed by atoms with E-state index in [0.717, 1.165) is 18.3 Å². The van der Waals surface area contributed by atoms with Gasteiger partial charge in [0.1, 0.15) is 0 Å². The summed E-state index contributed by atoms with van der Waals surface area (Å²) in [5.74, 6) is 3.57. The zero-order valence-electron chi connectivity index (χ0n) is 20.7. The van der Waals surface area contributed by atoms with Gasteiger partial charge in [-0.3, -0.25) is 0 Å². The fraction of sp³-hybridized carbons (Fsp3) is 0.769. The highest BCUT2D eigenvalue weighted by atomic mass is 14.2. The van der Waals surface area contributed by atoms with Gasteiger partial charge in [-0.05, 0) is 56.3 Å². The highest BCUT2D eigenvalue weighted by Gasteiger charge is 2.17. The Hall–Kier alpha value is -0.780. The Balaban J connectivity index is -0.000000200. The number of hydrogen-bond acceptors (Lipinski definition) is 0. The van der Waals surface area contributed by atoms with Crippen molar-refractivity contribution < 1.29 is 0 Å². The molecule has 0 bridgehead atoms. The molecule has 0 spiro atoms. The predicted molar refractivity (Wildman–Crippen MR) is 128 cm³/mol. The van der Waals surface area contributed by atoms with Gasteiger partial charge in [0.2, 0.25) is 0 Å². The van der Waals surface area contributed by atoms with E-state index in [-0.39, 0.29) is 0 Å².